The lowest BCUT2D eigenvalue weighted by Crippen LogP contribution is -2.49. The van der Waals surface area contributed by atoms with Gasteiger partial charge in [-0.05, 0) is 43.9 Å². The first-order valence-corrected chi connectivity index (χ1v) is 12.6. The van der Waals surface area contributed by atoms with Gasteiger partial charge in [-0.25, -0.2) is 0 Å². The third-order valence-corrected chi connectivity index (χ3v) is 9.09. The van der Waals surface area contributed by atoms with Gasteiger partial charge in [0.25, 0.3) is 5.91 Å². The number of nitrogens with zero attached hydrogens (tertiary/aromatic N) is 1. The van der Waals surface area contributed by atoms with E-state index in [2.05, 4.69) is 32.0 Å². The highest BCUT2D eigenvalue weighted by atomic mass is 32.9. The van der Waals surface area contributed by atoms with Crippen LogP contribution in [0.3, 0.4) is 0 Å². The number of fused-ring (bicyclic) bond motifs is 4. The number of rotatable bonds is 3. The molecule has 0 atom stereocenters. The van der Waals surface area contributed by atoms with Crippen LogP contribution in [0.25, 0.3) is 21.9 Å². The number of hydrogen-bond donors (Lipinski definition) is 0. The van der Waals surface area contributed by atoms with Crippen molar-refractivity contribution >= 4 is 55.3 Å². The zero-order valence-corrected chi connectivity index (χ0v) is 19.9. The van der Waals surface area contributed by atoms with Crippen molar-refractivity contribution in [2.24, 2.45) is 0 Å². The van der Waals surface area contributed by atoms with Crippen LogP contribution in [-0.2, 0) is 10.3 Å². The molecule has 4 aromatic rings. The number of carbonyl (C=O) groups is 1. The minimum atomic E-state index is -0.506. The maximum absolute atomic E-state index is 13.6. The van der Waals surface area contributed by atoms with Crippen molar-refractivity contribution in [3.05, 3.63) is 74.9 Å². The Bertz CT molecular complexity index is 1380. The lowest BCUT2D eigenvalue weighted by atomic mass is 9.87. The number of benzene rings is 3. The third-order valence-electron chi connectivity index (χ3n) is 5.76. The largest absolute Gasteiger partial charge is 0.483 e. The molecule has 0 N–H and O–H groups in total. The summed E-state index contributed by atoms with van der Waals surface area (Å²) in [5, 5.41) is 2.10. The zero-order valence-electron chi connectivity index (χ0n) is 17.5. The van der Waals surface area contributed by atoms with Crippen LogP contribution in [0.1, 0.15) is 24.3 Å². The van der Waals surface area contributed by atoms with E-state index in [1.807, 2.05) is 54.3 Å². The van der Waals surface area contributed by atoms with Gasteiger partial charge in [0.2, 0.25) is 0 Å². The normalized spacial score (nSPS) is 14.2. The summed E-state index contributed by atoms with van der Waals surface area (Å²) < 4.78 is 6.95. The molecule has 0 saturated carbocycles. The van der Waals surface area contributed by atoms with Crippen molar-refractivity contribution in [2.45, 2.75) is 26.3 Å². The van der Waals surface area contributed by atoms with E-state index in [4.69, 9.17) is 17.0 Å². The van der Waals surface area contributed by atoms with Gasteiger partial charge in [-0.3, -0.25) is 9.69 Å². The van der Waals surface area contributed by atoms with E-state index >= 15 is 0 Å². The molecule has 1 aliphatic heterocycles. The van der Waals surface area contributed by atoms with Gasteiger partial charge in [0.15, 0.2) is 6.61 Å². The summed E-state index contributed by atoms with van der Waals surface area (Å²) in [7, 11) is 3.27. The molecule has 1 amide bonds. The number of hydrogen-bond acceptors (Lipinski definition) is 5. The van der Waals surface area contributed by atoms with E-state index < -0.39 is 5.54 Å². The third kappa shape index (κ3) is 3.30. The van der Waals surface area contributed by atoms with Crippen molar-refractivity contribution in [2.75, 3.05) is 11.5 Å². The summed E-state index contributed by atoms with van der Waals surface area (Å²) in [6.07, 6.45) is 0. The van der Waals surface area contributed by atoms with Gasteiger partial charge in [0.05, 0.1) is 16.1 Å². The maximum atomic E-state index is 13.6. The van der Waals surface area contributed by atoms with Crippen LogP contribution in [0.15, 0.2) is 60.7 Å². The molecular formula is C25H21NO2S3. The highest BCUT2D eigenvalue weighted by Gasteiger charge is 2.43. The van der Waals surface area contributed by atoms with Crippen LogP contribution >= 0.6 is 32.9 Å². The molecule has 0 saturated heterocycles. The molecule has 0 aliphatic carbocycles. The topological polar surface area (TPSA) is 29.5 Å². The van der Waals surface area contributed by atoms with Crippen LogP contribution in [-0.4, -0.2) is 12.5 Å². The quantitative estimate of drug-likeness (QED) is 0.235. The van der Waals surface area contributed by atoms with Gasteiger partial charge in [-0.2, -0.15) is 0 Å². The molecule has 1 aliphatic rings. The average molecular weight is 464 g/mol. The Balaban J connectivity index is 1.54. The fourth-order valence-electron chi connectivity index (χ4n) is 4.31. The van der Waals surface area contributed by atoms with Crippen molar-refractivity contribution < 1.29 is 9.53 Å². The average Bonchev–Trinajstić information content (AvgIpc) is 3.14. The van der Waals surface area contributed by atoms with Crippen LogP contribution < -0.4 is 9.64 Å². The number of anilines is 1. The summed E-state index contributed by atoms with van der Waals surface area (Å²) in [6, 6.07) is 20.2. The lowest BCUT2D eigenvalue weighted by molar-refractivity contribution is -0.121. The molecule has 3 nitrogen and oxygen atoms in total. The molecule has 31 heavy (non-hydrogen) atoms. The SMILES string of the molecule is Cc1ccc2c(c1)N(C(=O)COc1cccc3ccccc13)C(C)(C)c1ssc(=S)c1-2. The summed E-state index contributed by atoms with van der Waals surface area (Å²) in [4.78, 5) is 16.6. The van der Waals surface area contributed by atoms with Crippen LogP contribution in [0.2, 0.25) is 0 Å². The second-order valence-electron chi connectivity index (χ2n) is 8.23. The fourth-order valence-corrected chi connectivity index (χ4v) is 7.59. The van der Waals surface area contributed by atoms with Gasteiger partial charge >= 0.3 is 0 Å². The van der Waals surface area contributed by atoms with E-state index in [0.29, 0.717) is 0 Å². The first kappa shape index (κ1) is 20.4. The smallest absolute Gasteiger partial charge is 0.265 e. The van der Waals surface area contributed by atoms with Crippen molar-refractivity contribution in [3.8, 4) is 16.9 Å². The zero-order chi connectivity index (χ0) is 21.8. The molecule has 0 unspecified atom stereocenters. The monoisotopic (exact) mass is 463 g/mol. The van der Waals surface area contributed by atoms with Gasteiger partial charge < -0.3 is 4.74 Å². The van der Waals surface area contributed by atoms with Gasteiger partial charge in [0, 0.05) is 16.5 Å². The molecule has 0 bridgehead atoms. The highest BCUT2D eigenvalue weighted by molar-refractivity contribution is 7.80. The molecule has 0 spiro atoms. The molecule has 156 valence electrons. The van der Waals surface area contributed by atoms with Gasteiger partial charge in [0.1, 0.15) is 9.57 Å². The molecule has 1 aromatic heterocycles. The fraction of sp³-hybridized carbons (Fsp3) is 0.200. The number of carbonyl (C=O) groups excluding carboxylic acids is 1. The standard InChI is InChI=1S/C25H21NO2S3/c1-15-11-12-18-19(13-15)26(25(2,3)23-22(18)24(29)31-30-23)21(27)14-28-20-10-6-8-16-7-4-5-9-17(16)20/h4-13H,14H2,1-3H3. The summed E-state index contributed by atoms with van der Waals surface area (Å²) in [6.45, 7) is 6.19. The Hall–Kier alpha value is -2.54. The lowest BCUT2D eigenvalue weighted by Gasteiger charge is -2.43. The van der Waals surface area contributed by atoms with E-state index in [0.717, 1.165) is 47.6 Å². The second-order valence-corrected chi connectivity index (χ2v) is 11.0. The predicted octanol–water partition coefficient (Wildman–Crippen LogP) is 7.33. The number of aryl methyl sites for hydroxylation is 1. The molecule has 5 rings (SSSR count). The van der Waals surface area contributed by atoms with Crippen molar-refractivity contribution in [1.82, 2.24) is 0 Å². The molecule has 2 heterocycles. The molecule has 0 fully saturated rings. The van der Waals surface area contributed by atoms with Crippen LogP contribution in [0.5, 0.6) is 5.75 Å². The number of ether oxygens (including phenoxy) is 1. The Labute approximate surface area is 193 Å². The minimum Gasteiger partial charge on any atom is -0.483 e. The molecule has 0 radical (unpaired) electrons. The number of amides is 1. The van der Waals surface area contributed by atoms with Crippen molar-refractivity contribution in [1.29, 1.82) is 0 Å². The first-order valence-electron chi connectivity index (χ1n) is 10.1. The Morgan fingerprint density at radius 1 is 1.06 bits per heavy atom. The Morgan fingerprint density at radius 2 is 1.84 bits per heavy atom. The van der Waals surface area contributed by atoms with E-state index in [1.165, 1.54) is 0 Å². The summed E-state index contributed by atoms with van der Waals surface area (Å²) >= 11 is 5.65. The first-order chi connectivity index (χ1) is 14.9. The van der Waals surface area contributed by atoms with Crippen LogP contribution in [0, 0.1) is 10.7 Å². The minimum absolute atomic E-state index is 0.0321. The predicted molar refractivity (Wildman–Crippen MR) is 133 cm³/mol. The van der Waals surface area contributed by atoms with Crippen molar-refractivity contribution in [3.63, 3.8) is 0 Å². The Morgan fingerprint density at radius 3 is 2.68 bits per heavy atom. The summed E-state index contributed by atoms with van der Waals surface area (Å²) in [5.41, 5.74) is 3.63. The second kappa shape index (κ2) is 7.55. The van der Waals surface area contributed by atoms with E-state index in [-0.39, 0.29) is 12.5 Å². The van der Waals surface area contributed by atoms with E-state index in [9.17, 15) is 4.79 Å². The maximum Gasteiger partial charge on any atom is 0.265 e. The van der Waals surface area contributed by atoms with Gasteiger partial charge in [-0.1, -0.05) is 81.4 Å². The molecule has 3 aromatic carbocycles. The van der Waals surface area contributed by atoms with E-state index in [1.54, 1.807) is 20.7 Å². The molecule has 6 heteroatoms. The highest BCUT2D eigenvalue weighted by Crippen LogP contribution is 2.52. The molecular weight excluding hydrogens is 442 g/mol. The Kier molecular flexibility index (Phi) is 4.96. The van der Waals surface area contributed by atoms with Crippen LogP contribution in [0.4, 0.5) is 5.69 Å². The van der Waals surface area contributed by atoms with Gasteiger partial charge in [-0.15, -0.1) is 0 Å². The summed E-state index contributed by atoms with van der Waals surface area (Å²) in [5.74, 6) is 0.650.